The predicted molar refractivity (Wildman–Crippen MR) is 99.4 cm³/mol. The third-order valence-corrected chi connectivity index (χ3v) is 4.65. The largest absolute Gasteiger partial charge is 0.480 e. The van der Waals surface area contributed by atoms with Crippen molar-refractivity contribution >= 4 is 28.7 Å². The van der Waals surface area contributed by atoms with Crippen LogP contribution in [-0.4, -0.2) is 59.0 Å². The first-order valence-corrected chi connectivity index (χ1v) is 8.89. The van der Waals surface area contributed by atoms with Gasteiger partial charge in [0.15, 0.2) is 0 Å². The van der Waals surface area contributed by atoms with Gasteiger partial charge in [-0.25, -0.2) is 0 Å². The van der Waals surface area contributed by atoms with Gasteiger partial charge in [-0.2, -0.15) is 0 Å². The van der Waals surface area contributed by atoms with E-state index in [4.69, 9.17) is 10.1 Å². The fraction of sp³-hybridized carbons (Fsp3) is 0.368. The molecule has 3 rings (SSSR count). The van der Waals surface area contributed by atoms with Crippen molar-refractivity contribution in [3.05, 3.63) is 41.1 Å². The Kier molecular flexibility index (Phi) is 5.66. The Morgan fingerprint density at radius 2 is 1.96 bits per heavy atom. The van der Waals surface area contributed by atoms with Crippen molar-refractivity contribution in [2.75, 3.05) is 26.2 Å². The van der Waals surface area contributed by atoms with Crippen LogP contribution < -0.4 is 10.6 Å². The van der Waals surface area contributed by atoms with Crippen molar-refractivity contribution in [1.29, 1.82) is 0 Å². The van der Waals surface area contributed by atoms with Crippen molar-refractivity contribution in [3.8, 4) is 0 Å². The molecule has 1 aromatic heterocycles. The molecule has 1 aliphatic rings. The number of aliphatic carboxylic acids is 1. The lowest BCUT2D eigenvalue weighted by molar-refractivity contribution is -0.137. The van der Waals surface area contributed by atoms with E-state index in [-0.39, 0.29) is 12.5 Å². The molecule has 0 radical (unpaired) electrons. The second-order valence-corrected chi connectivity index (χ2v) is 6.40. The normalized spacial score (nSPS) is 13.8. The number of nitrogens with zero attached hydrogens (tertiary/aromatic N) is 2. The van der Waals surface area contributed by atoms with E-state index in [9.17, 15) is 14.4 Å². The number of hydrogen-bond acceptors (Lipinski definition) is 5. The van der Waals surface area contributed by atoms with Gasteiger partial charge in [-0.05, 0) is 12.6 Å². The molecule has 8 nitrogen and oxygen atoms in total. The van der Waals surface area contributed by atoms with E-state index >= 15 is 0 Å². The smallest absolute Gasteiger partial charge is 0.322 e. The van der Waals surface area contributed by atoms with E-state index < -0.39 is 18.4 Å². The number of hydrogen-bond donors (Lipinski definition) is 3. The third kappa shape index (κ3) is 4.22. The van der Waals surface area contributed by atoms with Gasteiger partial charge in [0.2, 0.25) is 5.91 Å². The topological polar surface area (TPSA) is 112 Å². The minimum absolute atomic E-state index is 0.283. The molecule has 8 heteroatoms. The van der Waals surface area contributed by atoms with E-state index in [1.165, 1.54) is 0 Å². The third-order valence-electron chi connectivity index (χ3n) is 4.65. The molecule has 0 fully saturated rings. The molecule has 0 aliphatic carbocycles. The number of carboxylic acids is 1. The van der Waals surface area contributed by atoms with Crippen LogP contribution in [0.15, 0.2) is 24.3 Å². The SMILES string of the molecule is CCN1CCc2nc3ccccc3c(C(=O)NCC(=O)NCC(=O)O)c2C1. The monoisotopic (exact) mass is 370 g/mol. The molecular weight excluding hydrogens is 348 g/mol. The number of amides is 2. The number of carbonyl (C=O) groups is 3. The second kappa shape index (κ2) is 8.13. The molecule has 0 saturated heterocycles. The van der Waals surface area contributed by atoms with Gasteiger partial charge in [0.1, 0.15) is 6.54 Å². The molecule has 0 atom stereocenters. The maximum absolute atomic E-state index is 12.9. The first-order chi connectivity index (χ1) is 13.0. The molecule has 3 N–H and O–H groups in total. The van der Waals surface area contributed by atoms with Crippen LogP contribution in [0.25, 0.3) is 10.9 Å². The van der Waals surface area contributed by atoms with Gasteiger partial charge in [0, 0.05) is 36.2 Å². The van der Waals surface area contributed by atoms with Crippen LogP contribution in [0, 0.1) is 0 Å². The number of carbonyl (C=O) groups excluding carboxylic acids is 2. The molecule has 1 aromatic carbocycles. The summed E-state index contributed by atoms with van der Waals surface area (Å²) in [5, 5.41) is 14.2. The van der Waals surface area contributed by atoms with Gasteiger partial charge in [-0.3, -0.25) is 24.3 Å². The van der Waals surface area contributed by atoms with E-state index in [0.717, 1.165) is 41.7 Å². The van der Waals surface area contributed by atoms with Crippen LogP contribution in [0.4, 0.5) is 0 Å². The molecule has 0 unspecified atom stereocenters. The maximum Gasteiger partial charge on any atom is 0.322 e. The lowest BCUT2D eigenvalue weighted by Gasteiger charge is -2.29. The Morgan fingerprint density at radius 1 is 1.19 bits per heavy atom. The molecule has 1 aliphatic heterocycles. The molecule has 142 valence electrons. The molecule has 0 saturated carbocycles. The summed E-state index contributed by atoms with van der Waals surface area (Å²) in [6.45, 7) is 3.73. The summed E-state index contributed by atoms with van der Waals surface area (Å²) >= 11 is 0. The molecule has 0 bridgehead atoms. The average molecular weight is 370 g/mol. The second-order valence-electron chi connectivity index (χ2n) is 6.40. The molecule has 2 amide bonds. The summed E-state index contributed by atoms with van der Waals surface area (Å²) in [6, 6.07) is 7.46. The minimum atomic E-state index is -1.14. The van der Waals surface area contributed by atoms with Crippen LogP contribution in [-0.2, 0) is 22.6 Å². The summed E-state index contributed by atoms with van der Waals surface area (Å²) in [5.41, 5.74) is 3.10. The number of carboxylic acid groups (broad SMARTS) is 1. The van der Waals surface area contributed by atoms with Crippen molar-refractivity contribution in [3.63, 3.8) is 0 Å². The Bertz CT molecular complexity index is 897. The quantitative estimate of drug-likeness (QED) is 0.684. The number of benzene rings is 1. The Labute approximate surface area is 156 Å². The van der Waals surface area contributed by atoms with E-state index in [1.807, 2.05) is 24.3 Å². The first-order valence-electron chi connectivity index (χ1n) is 8.89. The highest BCUT2D eigenvalue weighted by Crippen LogP contribution is 2.28. The van der Waals surface area contributed by atoms with Gasteiger partial charge in [0.05, 0.1) is 17.6 Å². The average Bonchev–Trinajstić information content (AvgIpc) is 2.68. The molecule has 2 aromatic rings. The highest BCUT2D eigenvalue weighted by atomic mass is 16.4. The number of rotatable bonds is 6. The Balaban J connectivity index is 1.89. The number of pyridine rings is 1. The Hall–Kier alpha value is -3.00. The highest BCUT2D eigenvalue weighted by Gasteiger charge is 2.25. The molecule has 2 heterocycles. The van der Waals surface area contributed by atoms with Gasteiger partial charge in [-0.15, -0.1) is 0 Å². The maximum atomic E-state index is 12.9. The van der Waals surface area contributed by atoms with Crippen molar-refractivity contribution in [1.82, 2.24) is 20.5 Å². The summed E-state index contributed by atoms with van der Waals surface area (Å²) in [4.78, 5) is 42.1. The standard InChI is InChI=1S/C19H22N4O4/c1-2-23-8-7-15-13(11-23)18(12-5-3-4-6-14(12)22-15)19(27)21-9-16(24)20-10-17(25)26/h3-6H,2,7-11H2,1H3,(H,20,24)(H,21,27)(H,25,26). The number of fused-ring (bicyclic) bond motifs is 2. The number of likely N-dealkylation sites (N-methyl/N-ethyl adjacent to an activating group) is 1. The van der Waals surface area contributed by atoms with Crippen molar-refractivity contribution < 1.29 is 19.5 Å². The zero-order valence-corrected chi connectivity index (χ0v) is 15.1. The minimum Gasteiger partial charge on any atom is -0.480 e. The van der Waals surface area contributed by atoms with Crippen molar-refractivity contribution in [2.24, 2.45) is 0 Å². The number of aromatic nitrogens is 1. The lowest BCUT2D eigenvalue weighted by Crippen LogP contribution is -2.40. The zero-order chi connectivity index (χ0) is 19.4. The predicted octanol–water partition coefficient (Wildman–Crippen LogP) is 0.543. The van der Waals surface area contributed by atoms with Gasteiger partial charge < -0.3 is 15.7 Å². The van der Waals surface area contributed by atoms with Gasteiger partial charge >= 0.3 is 5.97 Å². The lowest BCUT2D eigenvalue weighted by atomic mass is 9.95. The fourth-order valence-electron chi connectivity index (χ4n) is 3.26. The van der Waals surface area contributed by atoms with E-state index in [0.29, 0.717) is 12.1 Å². The highest BCUT2D eigenvalue weighted by molar-refractivity contribution is 6.08. The van der Waals surface area contributed by atoms with Crippen LogP contribution in [0.1, 0.15) is 28.5 Å². The van der Waals surface area contributed by atoms with Crippen LogP contribution in [0.2, 0.25) is 0 Å². The van der Waals surface area contributed by atoms with Crippen molar-refractivity contribution in [2.45, 2.75) is 19.9 Å². The fourth-order valence-corrected chi connectivity index (χ4v) is 3.26. The van der Waals surface area contributed by atoms with Crippen LogP contribution in [0.5, 0.6) is 0 Å². The first kappa shape index (κ1) is 18.8. The molecule has 27 heavy (non-hydrogen) atoms. The van der Waals surface area contributed by atoms with E-state index in [1.54, 1.807) is 0 Å². The number of nitrogens with one attached hydrogen (secondary N) is 2. The Morgan fingerprint density at radius 3 is 2.70 bits per heavy atom. The van der Waals surface area contributed by atoms with E-state index in [2.05, 4.69) is 22.5 Å². The summed E-state index contributed by atoms with van der Waals surface area (Å²) in [5.74, 6) is -2.04. The van der Waals surface area contributed by atoms with Gasteiger partial charge in [-0.1, -0.05) is 25.1 Å². The van der Waals surface area contributed by atoms with Crippen LogP contribution in [0.3, 0.4) is 0 Å². The van der Waals surface area contributed by atoms with Gasteiger partial charge in [0.25, 0.3) is 5.91 Å². The summed E-state index contributed by atoms with van der Waals surface area (Å²) in [6.07, 6.45) is 0.771. The number of para-hydroxylation sites is 1. The van der Waals surface area contributed by atoms with Crippen LogP contribution >= 0.6 is 0 Å². The zero-order valence-electron chi connectivity index (χ0n) is 15.1. The molecular formula is C19H22N4O4. The summed E-state index contributed by atoms with van der Waals surface area (Å²) in [7, 11) is 0. The molecule has 0 spiro atoms. The summed E-state index contributed by atoms with van der Waals surface area (Å²) < 4.78 is 0.